The average Bonchev–Trinajstić information content (AvgIpc) is 2.39. The van der Waals surface area contributed by atoms with Gasteiger partial charge in [0.2, 0.25) is 5.95 Å². The molecule has 0 aliphatic carbocycles. The standard InChI is InChI=1S/C13H17N5O/c1-3-19-10-6-4-5-9(7-10)16-12-8-11(15-2)17-13(14)18-12/h4-8H,3H2,1-2H3,(H4,14,15,16,17,18). The van der Waals surface area contributed by atoms with Crippen molar-refractivity contribution in [1.82, 2.24) is 9.97 Å². The van der Waals surface area contributed by atoms with Gasteiger partial charge in [0.1, 0.15) is 17.4 Å². The summed E-state index contributed by atoms with van der Waals surface area (Å²) in [7, 11) is 1.78. The monoisotopic (exact) mass is 259 g/mol. The molecule has 2 aromatic rings. The van der Waals surface area contributed by atoms with E-state index in [9.17, 15) is 0 Å². The predicted molar refractivity (Wildman–Crippen MR) is 76.9 cm³/mol. The SMILES string of the molecule is CCOc1cccc(Nc2cc(NC)nc(N)n2)c1. The van der Waals surface area contributed by atoms with Crippen LogP contribution in [0.5, 0.6) is 5.75 Å². The lowest BCUT2D eigenvalue weighted by Gasteiger charge is -2.09. The average molecular weight is 259 g/mol. The largest absolute Gasteiger partial charge is 0.494 e. The van der Waals surface area contributed by atoms with Gasteiger partial charge in [-0.25, -0.2) is 0 Å². The molecule has 0 aliphatic rings. The van der Waals surface area contributed by atoms with E-state index < -0.39 is 0 Å². The third-order valence-electron chi connectivity index (χ3n) is 2.42. The fraction of sp³-hybridized carbons (Fsp3) is 0.231. The summed E-state index contributed by atoms with van der Waals surface area (Å²) in [6, 6.07) is 9.43. The van der Waals surface area contributed by atoms with Gasteiger partial charge in [-0.15, -0.1) is 0 Å². The number of aromatic nitrogens is 2. The molecule has 0 saturated carbocycles. The summed E-state index contributed by atoms with van der Waals surface area (Å²) >= 11 is 0. The van der Waals surface area contributed by atoms with Crippen LogP contribution in [0.25, 0.3) is 0 Å². The van der Waals surface area contributed by atoms with E-state index in [1.807, 2.05) is 31.2 Å². The maximum Gasteiger partial charge on any atom is 0.223 e. The van der Waals surface area contributed by atoms with Crippen molar-refractivity contribution >= 4 is 23.3 Å². The maximum atomic E-state index is 5.64. The highest BCUT2D eigenvalue weighted by Gasteiger charge is 2.02. The molecule has 0 spiro atoms. The Kier molecular flexibility index (Phi) is 4.02. The minimum atomic E-state index is 0.218. The number of nitrogen functional groups attached to an aromatic ring is 1. The second kappa shape index (κ2) is 5.90. The van der Waals surface area contributed by atoms with E-state index in [1.54, 1.807) is 13.1 Å². The molecule has 6 nitrogen and oxygen atoms in total. The van der Waals surface area contributed by atoms with Gasteiger partial charge in [-0.05, 0) is 19.1 Å². The Balaban J connectivity index is 2.20. The fourth-order valence-electron chi connectivity index (χ4n) is 1.64. The first kappa shape index (κ1) is 12.9. The fourth-order valence-corrected chi connectivity index (χ4v) is 1.64. The summed E-state index contributed by atoms with van der Waals surface area (Å²) in [5.74, 6) is 2.32. The maximum absolute atomic E-state index is 5.64. The molecule has 0 bridgehead atoms. The zero-order valence-electron chi connectivity index (χ0n) is 11.0. The van der Waals surface area contributed by atoms with E-state index in [-0.39, 0.29) is 5.95 Å². The molecule has 4 N–H and O–H groups in total. The molecule has 2 rings (SSSR count). The van der Waals surface area contributed by atoms with Crippen LogP contribution in [-0.4, -0.2) is 23.6 Å². The van der Waals surface area contributed by atoms with Crippen LogP contribution in [0.3, 0.4) is 0 Å². The van der Waals surface area contributed by atoms with Crippen LogP contribution in [0.15, 0.2) is 30.3 Å². The van der Waals surface area contributed by atoms with Crippen molar-refractivity contribution in [2.24, 2.45) is 0 Å². The number of ether oxygens (including phenoxy) is 1. The highest BCUT2D eigenvalue weighted by Crippen LogP contribution is 2.22. The van der Waals surface area contributed by atoms with Gasteiger partial charge in [-0.3, -0.25) is 0 Å². The topological polar surface area (TPSA) is 85.1 Å². The highest BCUT2D eigenvalue weighted by molar-refractivity contribution is 5.61. The number of nitrogens with two attached hydrogens (primary N) is 1. The van der Waals surface area contributed by atoms with Crippen LogP contribution < -0.4 is 21.1 Å². The Morgan fingerprint density at radius 3 is 2.74 bits per heavy atom. The Labute approximate surface area is 112 Å². The summed E-state index contributed by atoms with van der Waals surface area (Å²) in [6.45, 7) is 2.58. The Morgan fingerprint density at radius 2 is 2.00 bits per heavy atom. The van der Waals surface area contributed by atoms with Crippen LogP contribution in [0.4, 0.5) is 23.3 Å². The summed E-state index contributed by atoms with van der Waals surface area (Å²) in [4.78, 5) is 8.16. The number of anilines is 4. The molecule has 0 fully saturated rings. The molecule has 0 saturated heterocycles. The van der Waals surface area contributed by atoms with Gasteiger partial charge in [0.05, 0.1) is 6.61 Å². The van der Waals surface area contributed by atoms with E-state index in [4.69, 9.17) is 10.5 Å². The molecule has 0 aliphatic heterocycles. The predicted octanol–water partition coefficient (Wildman–Crippen LogP) is 2.24. The van der Waals surface area contributed by atoms with Gasteiger partial charge < -0.3 is 21.1 Å². The van der Waals surface area contributed by atoms with Gasteiger partial charge in [-0.1, -0.05) is 6.07 Å². The van der Waals surface area contributed by atoms with Crippen LogP contribution in [0.2, 0.25) is 0 Å². The van der Waals surface area contributed by atoms with Gasteiger partial charge in [0.25, 0.3) is 0 Å². The van der Waals surface area contributed by atoms with Crippen LogP contribution in [0.1, 0.15) is 6.92 Å². The zero-order valence-corrected chi connectivity index (χ0v) is 11.0. The minimum absolute atomic E-state index is 0.218. The molecule has 1 heterocycles. The Hall–Kier alpha value is -2.50. The van der Waals surface area contributed by atoms with Crippen LogP contribution in [-0.2, 0) is 0 Å². The Bertz CT molecular complexity index is 558. The number of rotatable bonds is 5. The number of hydrogen-bond acceptors (Lipinski definition) is 6. The van der Waals surface area contributed by atoms with Gasteiger partial charge in [0, 0.05) is 24.9 Å². The molecule has 0 unspecified atom stereocenters. The normalized spacial score (nSPS) is 10.0. The zero-order chi connectivity index (χ0) is 13.7. The second-order valence-corrected chi connectivity index (χ2v) is 3.83. The summed E-state index contributed by atoms with van der Waals surface area (Å²) in [6.07, 6.45) is 0. The van der Waals surface area contributed by atoms with Crippen molar-refractivity contribution in [2.75, 3.05) is 30.0 Å². The summed E-state index contributed by atoms with van der Waals surface area (Å²) in [5.41, 5.74) is 6.52. The molecule has 19 heavy (non-hydrogen) atoms. The highest BCUT2D eigenvalue weighted by atomic mass is 16.5. The molecule has 6 heteroatoms. The van der Waals surface area contributed by atoms with E-state index in [0.29, 0.717) is 18.2 Å². The number of benzene rings is 1. The number of nitrogens with one attached hydrogen (secondary N) is 2. The van der Waals surface area contributed by atoms with Gasteiger partial charge >= 0.3 is 0 Å². The first-order valence-corrected chi connectivity index (χ1v) is 6.03. The molecular formula is C13H17N5O. The lowest BCUT2D eigenvalue weighted by Crippen LogP contribution is -2.03. The van der Waals surface area contributed by atoms with Crippen molar-refractivity contribution in [2.45, 2.75) is 6.92 Å². The Morgan fingerprint density at radius 1 is 1.21 bits per heavy atom. The van der Waals surface area contributed by atoms with Crippen molar-refractivity contribution in [3.8, 4) is 5.75 Å². The first-order valence-electron chi connectivity index (χ1n) is 6.03. The van der Waals surface area contributed by atoms with Gasteiger partial charge in [-0.2, -0.15) is 9.97 Å². The molecule has 0 amide bonds. The summed E-state index contributed by atoms with van der Waals surface area (Å²) in [5, 5.41) is 6.10. The van der Waals surface area contributed by atoms with Crippen LogP contribution in [0, 0.1) is 0 Å². The van der Waals surface area contributed by atoms with E-state index in [0.717, 1.165) is 11.4 Å². The first-order chi connectivity index (χ1) is 9.21. The lowest BCUT2D eigenvalue weighted by molar-refractivity contribution is 0.340. The molecular weight excluding hydrogens is 242 g/mol. The second-order valence-electron chi connectivity index (χ2n) is 3.83. The van der Waals surface area contributed by atoms with Crippen LogP contribution >= 0.6 is 0 Å². The molecule has 100 valence electrons. The third-order valence-corrected chi connectivity index (χ3v) is 2.42. The third kappa shape index (κ3) is 3.48. The minimum Gasteiger partial charge on any atom is -0.494 e. The molecule has 0 atom stereocenters. The number of hydrogen-bond donors (Lipinski definition) is 3. The smallest absolute Gasteiger partial charge is 0.223 e. The summed E-state index contributed by atoms with van der Waals surface area (Å²) < 4.78 is 5.44. The van der Waals surface area contributed by atoms with Crippen molar-refractivity contribution < 1.29 is 4.74 Å². The van der Waals surface area contributed by atoms with Crippen molar-refractivity contribution in [1.29, 1.82) is 0 Å². The number of nitrogens with zero attached hydrogens (tertiary/aromatic N) is 2. The van der Waals surface area contributed by atoms with E-state index >= 15 is 0 Å². The van der Waals surface area contributed by atoms with Crippen molar-refractivity contribution in [3.05, 3.63) is 30.3 Å². The van der Waals surface area contributed by atoms with Crippen molar-refractivity contribution in [3.63, 3.8) is 0 Å². The molecule has 0 radical (unpaired) electrons. The molecule has 1 aromatic carbocycles. The lowest BCUT2D eigenvalue weighted by atomic mass is 10.3. The quantitative estimate of drug-likeness (QED) is 0.763. The van der Waals surface area contributed by atoms with E-state index in [1.165, 1.54) is 0 Å². The van der Waals surface area contributed by atoms with Gasteiger partial charge in [0.15, 0.2) is 0 Å². The molecule has 1 aromatic heterocycles. The van der Waals surface area contributed by atoms with E-state index in [2.05, 4.69) is 20.6 Å².